The van der Waals surface area contributed by atoms with Gasteiger partial charge in [-0.1, -0.05) is 6.92 Å². The SMILES string of the molecule is CCC(N)Cc1cc(F)c(-n2cc(C)cn2)c(F)c1. The molecule has 102 valence electrons. The van der Waals surface area contributed by atoms with Gasteiger partial charge in [0.1, 0.15) is 5.69 Å². The molecule has 1 unspecified atom stereocenters. The van der Waals surface area contributed by atoms with E-state index in [0.717, 1.165) is 12.0 Å². The van der Waals surface area contributed by atoms with Crippen molar-refractivity contribution in [1.82, 2.24) is 9.78 Å². The predicted octanol–water partition coefficient (Wildman–Crippen LogP) is 2.74. The van der Waals surface area contributed by atoms with Gasteiger partial charge in [0, 0.05) is 12.2 Å². The first kappa shape index (κ1) is 13.7. The third-order valence-corrected chi connectivity index (χ3v) is 3.04. The van der Waals surface area contributed by atoms with Crippen molar-refractivity contribution in [1.29, 1.82) is 0 Å². The highest BCUT2D eigenvalue weighted by Crippen LogP contribution is 2.20. The number of rotatable bonds is 4. The summed E-state index contributed by atoms with van der Waals surface area (Å²) < 4.78 is 29.2. The summed E-state index contributed by atoms with van der Waals surface area (Å²) in [5.41, 5.74) is 7.05. The summed E-state index contributed by atoms with van der Waals surface area (Å²) in [7, 11) is 0. The van der Waals surface area contributed by atoms with Crippen LogP contribution in [-0.4, -0.2) is 15.8 Å². The molecule has 0 fully saturated rings. The van der Waals surface area contributed by atoms with E-state index in [1.165, 1.54) is 16.8 Å². The minimum absolute atomic E-state index is 0.0865. The predicted molar refractivity (Wildman–Crippen MR) is 70.2 cm³/mol. The summed E-state index contributed by atoms with van der Waals surface area (Å²) >= 11 is 0. The maximum absolute atomic E-state index is 14.0. The zero-order chi connectivity index (χ0) is 14.0. The minimum Gasteiger partial charge on any atom is -0.327 e. The van der Waals surface area contributed by atoms with Gasteiger partial charge in [-0.25, -0.2) is 13.5 Å². The van der Waals surface area contributed by atoms with Crippen molar-refractivity contribution in [2.75, 3.05) is 0 Å². The first-order chi connectivity index (χ1) is 9.01. The van der Waals surface area contributed by atoms with Crippen molar-refractivity contribution < 1.29 is 8.78 Å². The maximum Gasteiger partial charge on any atom is 0.152 e. The van der Waals surface area contributed by atoms with Crippen molar-refractivity contribution in [2.24, 2.45) is 5.73 Å². The lowest BCUT2D eigenvalue weighted by atomic mass is 10.0. The van der Waals surface area contributed by atoms with Crippen LogP contribution in [0.4, 0.5) is 8.78 Å². The highest BCUT2D eigenvalue weighted by Gasteiger charge is 2.15. The average Bonchev–Trinajstić information content (AvgIpc) is 2.74. The van der Waals surface area contributed by atoms with Gasteiger partial charge in [-0.2, -0.15) is 5.10 Å². The average molecular weight is 265 g/mol. The third-order valence-electron chi connectivity index (χ3n) is 3.04. The summed E-state index contributed by atoms with van der Waals surface area (Å²) in [6.07, 6.45) is 4.37. The van der Waals surface area contributed by atoms with E-state index in [4.69, 9.17) is 5.73 Å². The van der Waals surface area contributed by atoms with Crippen LogP contribution in [-0.2, 0) is 6.42 Å². The zero-order valence-corrected chi connectivity index (χ0v) is 11.0. The van der Waals surface area contributed by atoms with Crippen LogP contribution in [0.2, 0.25) is 0 Å². The fourth-order valence-corrected chi connectivity index (χ4v) is 1.94. The van der Waals surface area contributed by atoms with Crippen molar-refractivity contribution in [3.63, 3.8) is 0 Å². The Kier molecular flexibility index (Phi) is 3.95. The van der Waals surface area contributed by atoms with E-state index >= 15 is 0 Å². The Bertz CT molecular complexity index is 555. The van der Waals surface area contributed by atoms with Crippen LogP contribution < -0.4 is 5.73 Å². The molecule has 0 spiro atoms. The summed E-state index contributed by atoms with van der Waals surface area (Å²) in [5, 5.41) is 3.93. The Balaban J connectivity index is 2.37. The van der Waals surface area contributed by atoms with E-state index in [9.17, 15) is 8.78 Å². The lowest BCUT2D eigenvalue weighted by Crippen LogP contribution is -2.21. The number of nitrogens with zero attached hydrogens (tertiary/aromatic N) is 2. The van der Waals surface area contributed by atoms with Gasteiger partial charge in [0.15, 0.2) is 11.6 Å². The van der Waals surface area contributed by atoms with Gasteiger partial charge in [0.05, 0.1) is 6.20 Å². The largest absolute Gasteiger partial charge is 0.327 e. The fraction of sp³-hybridized carbons (Fsp3) is 0.357. The molecule has 3 nitrogen and oxygen atoms in total. The van der Waals surface area contributed by atoms with Gasteiger partial charge in [0.25, 0.3) is 0 Å². The molecule has 0 radical (unpaired) electrons. The van der Waals surface area contributed by atoms with Crippen LogP contribution in [0, 0.1) is 18.6 Å². The van der Waals surface area contributed by atoms with Crippen molar-refractivity contribution in [2.45, 2.75) is 32.7 Å². The number of halogens is 2. The maximum atomic E-state index is 14.0. The van der Waals surface area contributed by atoms with Gasteiger partial charge >= 0.3 is 0 Å². The molecule has 19 heavy (non-hydrogen) atoms. The molecule has 0 amide bonds. The number of nitrogens with two attached hydrogens (primary N) is 1. The minimum atomic E-state index is -0.624. The van der Waals surface area contributed by atoms with E-state index in [0.29, 0.717) is 12.0 Å². The number of aryl methyl sites for hydroxylation is 1. The lowest BCUT2D eigenvalue weighted by molar-refractivity contribution is 0.552. The number of hydrogen-bond acceptors (Lipinski definition) is 2. The molecule has 2 aromatic rings. The molecule has 1 aromatic carbocycles. The molecule has 1 heterocycles. The Labute approximate surface area is 111 Å². The van der Waals surface area contributed by atoms with Gasteiger partial charge < -0.3 is 5.73 Å². The first-order valence-corrected chi connectivity index (χ1v) is 6.26. The second-order valence-corrected chi connectivity index (χ2v) is 4.74. The van der Waals surface area contributed by atoms with Crippen LogP contribution in [0.5, 0.6) is 0 Å². The molecule has 2 rings (SSSR count). The summed E-state index contributed by atoms with van der Waals surface area (Å²) in [4.78, 5) is 0. The second kappa shape index (κ2) is 5.48. The number of hydrogen-bond donors (Lipinski definition) is 1. The molecular formula is C14H17F2N3. The molecule has 0 aliphatic carbocycles. The van der Waals surface area contributed by atoms with Gasteiger partial charge in [-0.15, -0.1) is 0 Å². The molecule has 0 aliphatic heterocycles. The van der Waals surface area contributed by atoms with Crippen molar-refractivity contribution >= 4 is 0 Å². The zero-order valence-electron chi connectivity index (χ0n) is 11.0. The molecule has 2 N–H and O–H groups in total. The van der Waals surface area contributed by atoms with Crippen molar-refractivity contribution in [3.05, 3.63) is 47.3 Å². The molecule has 5 heteroatoms. The Morgan fingerprint density at radius 3 is 2.42 bits per heavy atom. The van der Waals surface area contributed by atoms with Crippen LogP contribution >= 0.6 is 0 Å². The highest BCUT2D eigenvalue weighted by atomic mass is 19.1. The van der Waals surface area contributed by atoms with Gasteiger partial charge in [-0.05, 0) is 43.0 Å². The number of aromatic nitrogens is 2. The molecule has 0 saturated carbocycles. The molecule has 0 bridgehead atoms. The summed E-state index contributed by atoms with van der Waals surface area (Å²) in [5.74, 6) is -1.25. The molecule has 1 atom stereocenters. The van der Waals surface area contributed by atoms with Crippen molar-refractivity contribution in [3.8, 4) is 5.69 Å². The van der Waals surface area contributed by atoms with Crippen LogP contribution in [0.1, 0.15) is 24.5 Å². The summed E-state index contributed by atoms with van der Waals surface area (Å²) in [6, 6.07) is 2.56. The third kappa shape index (κ3) is 2.98. The normalized spacial score (nSPS) is 12.7. The second-order valence-electron chi connectivity index (χ2n) is 4.74. The Morgan fingerprint density at radius 1 is 1.32 bits per heavy atom. The monoisotopic (exact) mass is 265 g/mol. The van der Waals surface area contributed by atoms with E-state index in [2.05, 4.69) is 5.10 Å². The van der Waals surface area contributed by atoms with E-state index in [1.54, 1.807) is 12.4 Å². The standard InChI is InChI=1S/C14H17F2N3/c1-3-11(17)4-10-5-12(15)14(13(16)6-10)19-8-9(2)7-18-19/h5-8,11H,3-4,17H2,1-2H3. The van der Waals surface area contributed by atoms with Gasteiger partial charge in [0.2, 0.25) is 0 Å². The number of benzene rings is 1. The highest BCUT2D eigenvalue weighted by molar-refractivity contribution is 5.38. The van der Waals surface area contributed by atoms with Gasteiger partial charge in [-0.3, -0.25) is 0 Å². The smallest absolute Gasteiger partial charge is 0.152 e. The Morgan fingerprint density at radius 2 is 1.95 bits per heavy atom. The van der Waals surface area contributed by atoms with Crippen LogP contribution in [0.3, 0.4) is 0 Å². The first-order valence-electron chi connectivity index (χ1n) is 6.26. The molecule has 0 aliphatic rings. The van der Waals surface area contributed by atoms with E-state index in [1.807, 2.05) is 13.8 Å². The molecule has 1 aromatic heterocycles. The Hall–Kier alpha value is -1.75. The molecular weight excluding hydrogens is 248 g/mol. The summed E-state index contributed by atoms with van der Waals surface area (Å²) in [6.45, 7) is 3.76. The fourth-order valence-electron chi connectivity index (χ4n) is 1.94. The molecule has 0 saturated heterocycles. The lowest BCUT2D eigenvalue weighted by Gasteiger charge is -2.11. The van der Waals surface area contributed by atoms with Crippen LogP contribution in [0.15, 0.2) is 24.5 Å². The quantitative estimate of drug-likeness (QED) is 0.923. The van der Waals surface area contributed by atoms with E-state index in [-0.39, 0.29) is 11.7 Å². The topological polar surface area (TPSA) is 43.8 Å². The van der Waals surface area contributed by atoms with Crippen LogP contribution in [0.25, 0.3) is 5.69 Å². The van der Waals surface area contributed by atoms with E-state index < -0.39 is 11.6 Å².